The van der Waals surface area contributed by atoms with Crippen LogP contribution in [0.4, 0.5) is 5.82 Å². The van der Waals surface area contributed by atoms with Crippen LogP contribution in [0.5, 0.6) is 0 Å². The number of nitrogens with two attached hydrogens (primary N) is 1. The van der Waals surface area contributed by atoms with Crippen LogP contribution in [0.15, 0.2) is 18.3 Å². The summed E-state index contributed by atoms with van der Waals surface area (Å²) in [5.74, 6) is 6.94. The van der Waals surface area contributed by atoms with Crippen molar-refractivity contribution in [2.24, 2.45) is 11.8 Å². The molecular formula is C13H22N4. The van der Waals surface area contributed by atoms with E-state index >= 15 is 0 Å². The van der Waals surface area contributed by atoms with Crippen LogP contribution in [0.3, 0.4) is 0 Å². The minimum Gasteiger partial charge on any atom is -0.308 e. The number of nitrogen functional groups attached to an aromatic ring is 1. The highest BCUT2D eigenvalue weighted by atomic mass is 15.2. The number of hydrogen-bond donors (Lipinski definition) is 2. The van der Waals surface area contributed by atoms with Crippen LogP contribution in [0.1, 0.15) is 32.3 Å². The normalized spacial score (nSPS) is 15.6. The summed E-state index contributed by atoms with van der Waals surface area (Å²) in [4.78, 5) is 6.76. The molecule has 0 saturated heterocycles. The van der Waals surface area contributed by atoms with Gasteiger partial charge in [-0.2, -0.15) is 0 Å². The van der Waals surface area contributed by atoms with E-state index in [9.17, 15) is 0 Å². The first-order valence-corrected chi connectivity index (χ1v) is 6.34. The van der Waals surface area contributed by atoms with Gasteiger partial charge in [0.25, 0.3) is 0 Å². The fourth-order valence-electron chi connectivity index (χ4n) is 1.93. The molecule has 1 aliphatic rings. The maximum absolute atomic E-state index is 5.30. The van der Waals surface area contributed by atoms with E-state index in [4.69, 9.17) is 5.84 Å². The SMILES string of the molecule is CC(C)N(Cc1ccc(NN)nc1)CC1CC1. The number of nitrogens with one attached hydrogen (secondary N) is 1. The molecule has 1 aromatic heterocycles. The van der Waals surface area contributed by atoms with Crippen LogP contribution in [0.2, 0.25) is 0 Å². The lowest BCUT2D eigenvalue weighted by atomic mass is 10.2. The van der Waals surface area contributed by atoms with Gasteiger partial charge in [-0.3, -0.25) is 4.90 Å². The minimum absolute atomic E-state index is 0.586. The molecule has 1 saturated carbocycles. The van der Waals surface area contributed by atoms with E-state index < -0.39 is 0 Å². The molecule has 0 atom stereocenters. The Labute approximate surface area is 103 Å². The second kappa shape index (κ2) is 5.47. The second-order valence-electron chi connectivity index (χ2n) is 5.16. The molecule has 4 nitrogen and oxygen atoms in total. The van der Waals surface area contributed by atoms with Gasteiger partial charge >= 0.3 is 0 Å². The molecule has 1 fully saturated rings. The molecule has 1 heterocycles. The fourth-order valence-corrected chi connectivity index (χ4v) is 1.93. The van der Waals surface area contributed by atoms with Crippen LogP contribution in [-0.4, -0.2) is 22.5 Å². The van der Waals surface area contributed by atoms with Gasteiger partial charge in [0, 0.05) is 25.3 Å². The van der Waals surface area contributed by atoms with Crippen molar-refractivity contribution in [2.75, 3.05) is 12.0 Å². The van der Waals surface area contributed by atoms with Crippen molar-refractivity contribution < 1.29 is 0 Å². The lowest BCUT2D eigenvalue weighted by Gasteiger charge is -2.26. The summed E-state index contributed by atoms with van der Waals surface area (Å²) in [7, 11) is 0. The Morgan fingerprint density at radius 3 is 2.71 bits per heavy atom. The van der Waals surface area contributed by atoms with Crippen LogP contribution in [-0.2, 0) is 6.54 Å². The van der Waals surface area contributed by atoms with Gasteiger partial charge in [0.15, 0.2) is 0 Å². The molecule has 0 unspecified atom stereocenters. The van der Waals surface area contributed by atoms with Crippen LogP contribution in [0.25, 0.3) is 0 Å². The summed E-state index contributed by atoms with van der Waals surface area (Å²) in [6, 6.07) is 4.60. The first-order valence-electron chi connectivity index (χ1n) is 6.34. The summed E-state index contributed by atoms with van der Waals surface area (Å²) in [6.45, 7) is 6.71. The fraction of sp³-hybridized carbons (Fsp3) is 0.615. The largest absolute Gasteiger partial charge is 0.308 e. The Morgan fingerprint density at radius 1 is 1.47 bits per heavy atom. The molecule has 2 rings (SSSR count). The molecule has 0 bridgehead atoms. The van der Waals surface area contributed by atoms with Crippen molar-refractivity contribution in [1.29, 1.82) is 0 Å². The highest BCUT2D eigenvalue weighted by Gasteiger charge is 2.25. The Morgan fingerprint density at radius 2 is 2.24 bits per heavy atom. The Kier molecular flexibility index (Phi) is 3.97. The van der Waals surface area contributed by atoms with E-state index in [1.807, 2.05) is 12.3 Å². The van der Waals surface area contributed by atoms with Gasteiger partial charge < -0.3 is 5.43 Å². The molecule has 94 valence electrons. The Balaban J connectivity index is 1.95. The number of pyridine rings is 1. The highest BCUT2D eigenvalue weighted by Crippen LogP contribution is 2.30. The smallest absolute Gasteiger partial charge is 0.139 e. The van der Waals surface area contributed by atoms with Gasteiger partial charge in [0.2, 0.25) is 0 Å². The van der Waals surface area contributed by atoms with Crippen molar-refractivity contribution in [1.82, 2.24) is 9.88 Å². The van der Waals surface area contributed by atoms with Crippen molar-refractivity contribution in [3.05, 3.63) is 23.9 Å². The van der Waals surface area contributed by atoms with Crippen LogP contribution in [0, 0.1) is 5.92 Å². The summed E-state index contributed by atoms with van der Waals surface area (Å²) in [6.07, 6.45) is 4.70. The molecule has 0 aromatic carbocycles. The van der Waals surface area contributed by atoms with E-state index in [0.29, 0.717) is 11.9 Å². The number of nitrogens with zero attached hydrogens (tertiary/aromatic N) is 2. The van der Waals surface area contributed by atoms with Gasteiger partial charge in [-0.1, -0.05) is 6.07 Å². The number of hydrogen-bond acceptors (Lipinski definition) is 4. The summed E-state index contributed by atoms with van der Waals surface area (Å²) in [5.41, 5.74) is 3.80. The van der Waals surface area contributed by atoms with E-state index in [1.54, 1.807) is 0 Å². The number of rotatable bonds is 6. The minimum atomic E-state index is 0.586. The molecule has 1 aromatic rings. The van der Waals surface area contributed by atoms with Crippen molar-refractivity contribution in [3.63, 3.8) is 0 Å². The zero-order chi connectivity index (χ0) is 12.3. The molecule has 0 spiro atoms. The van der Waals surface area contributed by atoms with Crippen LogP contribution >= 0.6 is 0 Å². The first-order chi connectivity index (χ1) is 8.19. The average Bonchev–Trinajstić information content (AvgIpc) is 3.13. The van der Waals surface area contributed by atoms with E-state index in [2.05, 4.69) is 35.2 Å². The number of aromatic nitrogens is 1. The zero-order valence-electron chi connectivity index (χ0n) is 10.7. The molecule has 3 N–H and O–H groups in total. The lowest BCUT2D eigenvalue weighted by Crippen LogP contribution is -2.32. The van der Waals surface area contributed by atoms with E-state index in [-0.39, 0.29) is 0 Å². The predicted octanol–water partition coefficient (Wildman–Crippen LogP) is 1.99. The van der Waals surface area contributed by atoms with Gasteiger partial charge in [-0.25, -0.2) is 10.8 Å². The highest BCUT2D eigenvalue weighted by molar-refractivity contribution is 5.33. The predicted molar refractivity (Wildman–Crippen MR) is 70.3 cm³/mol. The Bertz CT molecular complexity index is 343. The molecule has 0 aliphatic heterocycles. The van der Waals surface area contributed by atoms with Crippen molar-refractivity contribution >= 4 is 5.82 Å². The second-order valence-corrected chi connectivity index (χ2v) is 5.16. The topological polar surface area (TPSA) is 54.2 Å². The third-order valence-corrected chi connectivity index (χ3v) is 3.28. The summed E-state index contributed by atoms with van der Waals surface area (Å²) >= 11 is 0. The standard InChI is InChI=1S/C13H22N4/c1-10(2)17(8-11-3-4-11)9-12-5-6-13(16-14)15-7-12/h5-7,10-11H,3-4,8-9,14H2,1-2H3,(H,15,16). The molecule has 17 heavy (non-hydrogen) atoms. The first kappa shape index (κ1) is 12.3. The summed E-state index contributed by atoms with van der Waals surface area (Å²) in [5, 5.41) is 0. The quantitative estimate of drug-likeness (QED) is 0.584. The summed E-state index contributed by atoms with van der Waals surface area (Å²) < 4.78 is 0. The lowest BCUT2D eigenvalue weighted by molar-refractivity contribution is 0.203. The Hall–Kier alpha value is -1.13. The van der Waals surface area contributed by atoms with E-state index in [0.717, 1.165) is 12.5 Å². The zero-order valence-corrected chi connectivity index (χ0v) is 10.7. The van der Waals surface area contributed by atoms with Crippen LogP contribution < -0.4 is 11.3 Å². The molecule has 0 radical (unpaired) electrons. The monoisotopic (exact) mass is 234 g/mol. The maximum Gasteiger partial charge on any atom is 0.139 e. The molecular weight excluding hydrogens is 212 g/mol. The van der Waals surface area contributed by atoms with Gasteiger partial charge in [-0.15, -0.1) is 0 Å². The average molecular weight is 234 g/mol. The van der Waals surface area contributed by atoms with Crippen molar-refractivity contribution in [3.8, 4) is 0 Å². The number of anilines is 1. The molecule has 4 heteroatoms. The van der Waals surface area contributed by atoms with Gasteiger partial charge in [-0.05, 0) is 44.2 Å². The third kappa shape index (κ3) is 3.68. The maximum atomic E-state index is 5.30. The molecule has 1 aliphatic carbocycles. The van der Waals surface area contributed by atoms with Crippen molar-refractivity contribution in [2.45, 2.75) is 39.3 Å². The third-order valence-electron chi connectivity index (χ3n) is 3.28. The number of hydrazine groups is 1. The molecule has 0 amide bonds. The van der Waals surface area contributed by atoms with E-state index in [1.165, 1.54) is 24.9 Å². The van der Waals surface area contributed by atoms with Gasteiger partial charge in [0.05, 0.1) is 0 Å². The van der Waals surface area contributed by atoms with Gasteiger partial charge in [0.1, 0.15) is 5.82 Å².